The minimum absolute atomic E-state index is 0.104. The summed E-state index contributed by atoms with van der Waals surface area (Å²) in [5.41, 5.74) is 5.24. The first kappa shape index (κ1) is 11.7. The maximum Gasteiger partial charge on any atom is 0.350 e. The fourth-order valence-corrected chi connectivity index (χ4v) is 1.36. The van der Waals surface area contributed by atoms with Gasteiger partial charge in [-0.2, -0.15) is 13.1 Å². The van der Waals surface area contributed by atoms with Crippen LogP contribution in [0.25, 0.3) is 0 Å². The summed E-state index contributed by atoms with van der Waals surface area (Å²) in [5.74, 6) is -3.37. The van der Waals surface area contributed by atoms with Crippen LogP contribution < -0.4 is 5.73 Å². The molecule has 74 valence electrons. The highest BCUT2D eigenvalue weighted by Crippen LogP contribution is 2.09. The number of likely N-dealkylation sites (N-methyl/N-ethyl adjacent to an activating group) is 1. The lowest BCUT2D eigenvalue weighted by Gasteiger charge is -2.17. The molecule has 0 aromatic heterocycles. The van der Waals surface area contributed by atoms with E-state index in [2.05, 4.69) is 0 Å². The molecule has 0 aliphatic rings. The monoisotopic (exact) mass is 202 g/mol. The first-order valence-corrected chi connectivity index (χ1v) is 4.77. The number of nitrogens with two attached hydrogens (primary N) is 1. The normalized spacial score (nSPS) is 15.6. The first-order chi connectivity index (χ1) is 5.28. The van der Waals surface area contributed by atoms with Crippen LogP contribution in [0, 0.1) is 0 Å². The summed E-state index contributed by atoms with van der Waals surface area (Å²) < 4.78 is 45.6. The summed E-state index contributed by atoms with van der Waals surface area (Å²) in [6.45, 7) is 1.43. The fraction of sp³-hybridized carbons (Fsp3) is 1.00. The molecule has 0 aliphatic heterocycles. The van der Waals surface area contributed by atoms with Crippen molar-refractivity contribution in [3.05, 3.63) is 0 Å². The summed E-state index contributed by atoms with van der Waals surface area (Å²) in [4.78, 5) is 0. The molecule has 0 aromatic rings. The van der Waals surface area contributed by atoms with Gasteiger partial charge in [0.1, 0.15) is 0 Å². The van der Waals surface area contributed by atoms with Crippen molar-refractivity contribution in [2.75, 3.05) is 13.6 Å². The minimum atomic E-state index is -4.45. The van der Waals surface area contributed by atoms with Gasteiger partial charge < -0.3 is 5.73 Å². The molecule has 0 radical (unpaired) electrons. The Morgan fingerprint density at radius 3 is 2.17 bits per heavy atom. The molecule has 4 nitrogen and oxygen atoms in total. The lowest BCUT2D eigenvalue weighted by Crippen LogP contribution is -2.39. The van der Waals surface area contributed by atoms with Gasteiger partial charge in [-0.15, -0.1) is 0 Å². The number of hydrogen-bond acceptors (Lipinski definition) is 3. The lowest BCUT2D eigenvalue weighted by atomic mass is 10.4. The number of halogens is 2. The SMILES string of the molecule is CC(N)CN(C)S(=O)(=O)C(F)F. The van der Waals surface area contributed by atoms with E-state index in [-0.39, 0.29) is 6.54 Å². The Bertz CT molecular complexity index is 228. The lowest BCUT2D eigenvalue weighted by molar-refractivity contribution is 0.222. The summed E-state index contributed by atoms with van der Waals surface area (Å²) in [6.07, 6.45) is 0. The molecular weight excluding hydrogens is 190 g/mol. The Hall–Kier alpha value is -0.270. The van der Waals surface area contributed by atoms with Crippen molar-refractivity contribution >= 4 is 10.0 Å². The van der Waals surface area contributed by atoms with Gasteiger partial charge in [-0.3, -0.25) is 0 Å². The molecular formula is C5H12F2N2O2S. The molecule has 0 bridgehead atoms. The third-order valence-electron chi connectivity index (χ3n) is 1.20. The second kappa shape index (κ2) is 4.11. The Kier molecular flexibility index (Phi) is 4.01. The van der Waals surface area contributed by atoms with E-state index in [4.69, 9.17) is 5.73 Å². The standard InChI is InChI=1S/C5H12F2N2O2S/c1-4(8)3-9(2)12(10,11)5(6)7/h4-5H,3,8H2,1-2H3. The largest absolute Gasteiger partial charge is 0.350 e. The quantitative estimate of drug-likeness (QED) is 0.687. The van der Waals surface area contributed by atoms with Crippen molar-refractivity contribution in [3.63, 3.8) is 0 Å². The van der Waals surface area contributed by atoms with Crippen LogP contribution >= 0.6 is 0 Å². The van der Waals surface area contributed by atoms with Crippen LogP contribution in [0.5, 0.6) is 0 Å². The van der Waals surface area contributed by atoms with E-state index in [1.165, 1.54) is 6.92 Å². The molecule has 0 saturated heterocycles. The average Bonchev–Trinajstić information content (AvgIpc) is 1.85. The highest BCUT2D eigenvalue weighted by Gasteiger charge is 2.29. The zero-order valence-electron chi connectivity index (χ0n) is 6.87. The summed E-state index contributed by atoms with van der Waals surface area (Å²) >= 11 is 0. The van der Waals surface area contributed by atoms with Crippen LogP contribution in [0.2, 0.25) is 0 Å². The van der Waals surface area contributed by atoms with E-state index >= 15 is 0 Å². The van der Waals surface area contributed by atoms with Crippen molar-refractivity contribution in [1.82, 2.24) is 4.31 Å². The molecule has 0 saturated carbocycles. The zero-order valence-corrected chi connectivity index (χ0v) is 7.68. The summed E-state index contributed by atoms with van der Waals surface area (Å²) in [5, 5.41) is 0. The molecule has 1 unspecified atom stereocenters. The Labute approximate surface area is 70.4 Å². The van der Waals surface area contributed by atoms with E-state index in [0.717, 1.165) is 7.05 Å². The van der Waals surface area contributed by atoms with Gasteiger partial charge in [0.2, 0.25) is 0 Å². The third-order valence-corrected chi connectivity index (χ3v) is 2.67. The van der Waals surface area contributed by atoms with Crippen LogP contribution in [0.4, 0.5) is 8.78 Å². The highest BCUT2D eigenvalue weighted by molar-refractivity contribution is 7.89. The molecule has 0 aromatic carbocycles. The van der Waals surface area contributed by atoms with E-state index < -0.39 is 21.8 Å². The molecule has 0 rings (SSSR count). The summed E-state index contributed by atoms with van der Waals surface area (Å²) in [6, 6.07) is -0.455. The molecule has 0 fully saturated rings. The van der Waals surface area contributed by atoms with Crippen LogP contribution in [-0.2, 0) is 10.0 Å². The van der Waals surface area contributed by atoms with Crippen molar-refractivity contribution in [3.8, 4) is 0 Å². The Morgan fingerprint density at radius 2 is 1.92 bits per heavy atom. The van der Waals surface area contributed by atoms with Gasteiger partial charge in [0.15, 0.2) is 0 Å². The van der Waals surface area contributed by atoms with Gasteiger partial charge in [0.25, 0.3) is 10.0 Å². The molecule has 7 heteroatoms. The van der Waals surface area contributed by atoms with E-state index in [1.807, 2.05) is 0 Å². The number of hydrogen-bond donors (Lipinski definition) is 1. The molecule has 0 spiro atoms. The van der Waals surface area contributed by atoms with E-state index in [0.29, 0.717) is 4.31 Å². The number of sulfonamides is 1. The van der Waals surface area contributed by atoms with Gasteiger partial charge in [0, 0.05) is 19.6 Å². The first-order valence-electron chi connectivity index (χ1n) is 3.27. The maximum absolute atomic E-state index is 11.8. The smallest absolute Gasteiger partial charge is 0.327 e. The predicted octanol–water partition coefficient (Wildman–Crippen LogP) is -0.182. The molecule has 0 amide bonds. The van der Waals surface area contributed by atoms with Gasteiger partial charge in [-0.25, -0.2) is 8.42 Å². The second-order valence-electron chi connectivity index (χ2n) is 2.56. The third kappa shape index (κ3) is 3.00. The van der Waals surface area contributed by atoms with Crippen molar-refractivity contribution < 1.29 is 17.2 Å². The van der Waals surface area contributed by atoms with Gasteiger partial charge >= 0.3 is 5.76 Å². The van der Waals surface area contributed by atoms with E-state index in [9.17, 15) is 17.2 Å². The minimum Gasteiger partial charge on any atom is -0.327 e. The van der Waals surface area contributed by atoms with Crippen molar-refractivity contribution in [2.24, 2.45) is 5.73 Å². The second-order valence-corrected chi connectivity index (χ2v) is 4.57. The predicted molar refractivity (Wildman–Crippen MR) is 41.2 cm³/mol. The van der Waals surface area contributed by atoms with Gasteiger partial charge in [0.05, 0.1) is 0 Å². The average molecular weight is 202 g/mol. The molecule has 0 aliphatic carbocycles. The van der Waals surface area contributed by atoms with Crippen molar-refractivity contribution in [2.45, 2.75) is 18.7 Å². The highest BCUT2D eigenvalue weighted by atomic mass is 32.2. The van der Waals surface area contributed by atoms with Crippen molar-refractivity contribution in [1.29, 1.82) is 0 Å². The zero-order chi connectivity index (χ0) is 9.94. The fourth-order valence-electron chi connectivity index (χ4n) is 0.645. The molecule has 1 atom stereocenters. The molecule has 0 heterocycles. The van der Waals surface area contributed by atoms with Crippen LogP contribution in [0.1, 0.15) is 6.92 Å². The van der Waals surface area contributed by atoms with Gasteiger partial charge in [-0.05, 0) is 6.92 Å². The van der Waals surface area contributed by atoms with Gasteiger partial charge in [-0.1, -0.05) is 0 Å². The number of nitrogens with zero attached hydrogens (tertiary/aromatic N) is 1. The number of alkyl halides is 2. The topological polar surface area (TPSA) is 63.4 Å². The Balaban J connectivity index is 4.38. The molecule has 2 N–H and O–H groups in total. The molecule has 12 heavy (non-hydrogen) atoms. The number of rotatable bonds is 4. The van der Waals surface area contributed by atoms with Crippen LogP contribution in [0.3, 0.4) is 0 Å². The van der Waals surface area contributed by atoms with E-state index in [1.54, 1.807) is 0 Å². The Morgan fingerprint density at radius 1 is 1.50 bits per heavy atom. The summed E-state index contributed by atoms with van der Waals surface area (Å²) in [7, 11) is -3.38. The maximum atomic E-state index is 11.8. The van der Waals surface area contributed by atoms with Crippen LogP contribution in [-0.4, -0.2) is 38.1 Å². The van der Waals surface area contributed by atoms with Crippen LogP contribution in [0.15, 0.2) is 0 Å².